The second-order valence-corrected chi connectivity index (χ2v) is 6.83. The van der Waals surface area contributed by atoms with Gasteiger partial charge in [0.2, 0.25) is 0 Å². The molecule has 0 saturated carbocycles. The molecule has 2 aromatic carbocycles. The Morgan fingerprint density at radius 2 is 1.56 bits per heavy atom. The highest BCUT2D eigenvalue weighted by Crippen LogP contribution is 2.22. The van der Waals surface area contributed by atoms with E-state index in [0.717, 1.165) is 44.7 Å². The largest absolute Gasteiger partial charge is 0.393 e. The number of aliphatic hydroxyl groups excluding tert-OH is 1. The number of carbonyl (C=O) groups excluding carboxylic acids is 1. The van der Waals surface area contributed by atoms with E-state index in [2.05, 4.69) is 22.5 Å². The first kappa shape index (κ1) is 16.1. The number of aliphatic hydroxyl groups is 1. The molecule has 1 amide bonds. The summed E-state index contributed by atoms with van der Waals surface area (Å²) in [5, 5.41) is 11.6. The Kier molecular flexibility index (Phi) is 4.42. The number of rotatable bonds is 3. The summed E-state index contributed by atoms with van der Waals surface area (Å²) in [6, 6.07) is 16.0. The Balaban J connectivity index is 1.37. The highest BCUT2D eigenvalue weighted by molar-refractivity contribution is 5.94. The van der Waals surface area contributed by atoms with Crippen molar-refractivity contribution in [2.24, 2.45) is 0 Å². The number of carbonyl (C=O) groups is 1. The van der Waals surface area contributed by atoms with Gasteiger partial charge in [-0.05, 0) is 48.2 Å². The zero-order valence-electron chi connectivity index (χ0n) is 14.2. The van der Waals surface area contributed by atoms with Crippen LogP contribution in [0.2, 0.25) is 0 Å². The van der Waals surface area contributed by atoms with Crippen molar-refractivity contribution in [3.05, 3.63) is 65.2 Å². The van der Waals surface area contributed by atoms with Crippen LogP contribution in [0.15, 0.2) is 48.5 Å². The fourth-order valence-electron chi connectivity index (χ4n) is 3.57. The lowest BCUT2D eigenvalue weighted by molar-refractivity contribution is 0.0784. The van der Waals surface area contributed by atoms with Gasteiger partial charge in [-0.3, -0.25) is 10.2 Å². The summed E-state index contributed by atoms with van der Waals surface area (Å²) >= 11 is 0. The molecule has 0 aromatic heterocycles. The second-order valence-electron chi connectivity index (χ2n) is 6.83. The Hall–Kier alpha value is -2.37. The molecule has 2 aliphatic heterocycles. The first-order valence-corrected chi connectivity index (χ1v) is 8.85. The highest BCUT2D eigenvalue weighted by Gasteiger charge is 2.21. The molecule has 25 heavy (non-hydrogen) atoms. The van der Waals surface area contributed by atoms with Crippen molar-refractivity contribution >= 4 is 11.6 Å². The first-order chi connectivity index (χ1) is 12.2. The molecular formula is C20H23N3O2. The van der Waals surface area contributed by atoms with Crippen LogP contribution in [0.4, 0.5) is 5.69 Å². The van der Waals surface area contributed by atoms with Crippen LogP contribution in [0.1, 0.15) is 34.3 Å². The van der Waals surface area contributed by atoms with E-state index in [1.165, 1.54) is 11.1 Å². The average Bonchev–Trinajstić information content (AvgIpc) is 3.05. The maximum Gasteiger partial charge on any atom is 0.265 e. The maximum absolute atomic E-state index is 12.5. The molecule has 0 spiro atoms. The fraction of sp³-hybridized carbons (Fsp3) is 0.350. The fourth-order valence-corrected chi connectivity index (χ4v) is 3.57. The number of fused-ring (bicyclic) bond motifs is 1. The molecule has 130 valence electrons. The number of hydrazine groups is 1. The van der Waals surface area contributed by atoms with Crippen LogP contribution < -0.4 is 10.3 Å². The molecule has 0 bridgehead atoms. The zero-order valence-corrected chi connectivity index (χ0v) is 14.2. The number of nitrogens with one attached hydrogen (secondary N) is 1. The lowest BCUT2D eigenvalue weighted by Gasteiger charge is -2.31. The van der Waals surface area contributed by atoms with Gasteiger partial charge in [0.1, 0.15) is 0 Å². The first-order valence-electron chi connectivity index (χ1n) is 8.85. The van der Waals surface area contributed by atoms with Crippen molar-refractivity contribution in [2.75, 3.05) is 18.0 Å². The molecule has 2 aromatic rings. The molecule has 2 aliphatic rings. The van der Waals surface area contributed by atoms with Crippen LogP contribution in [0, 0.1) is 0 Å². The summed E-state index contributed by atoms with van der Waals surface area (Å²) < 4.78 is 0. The van der Waals surface area contributed by atoms with Crippen molar-refractivity contribution in [2.45, 2.75) is 32.0 Å². The zero-order chi connectivity index (χ0) is 17.2. The number of anilines is 1. The van der Waals surface area contributed by atoms with Gasteiger partial charge in [-0.2, -0.15) is 0 Å². The van der Waals surface area contributed by atoms with Gasteiger partial charge in [0.25, 0.3) is 5.91 Å². The number of benzene rings is 2. The molecule has 2 heterocycles. The maximum atomic E-state index is 12.5. The normalized spacial score (nSPS) is 18.2. The Morgan fingerprint density at radius 1 is 0.960 bits per heavy atom. The number of nitrogens with zero attached hydrogens (tertiary/aromatic N) is 2. The summed E-state index contributed by atoms with van der Waals surface area (Å²) in [5.74, 6) is -0.0755. The van der Waals surface area contributed by atoms with E-state index >= 15 is 0 Å². The van der Waals surface area contributed by atoms with Crippen LogP contribution >= 0.6 is 0 Å². The minimum absolute atomic E-state index is 0.0755. The Morgan fingerprint density at radius 3 is 2.16 bits per heavy atom. The Labute approximate surface area is 147 Å². The van der Waals surface area contributed by atoms with Gasteiger partial charge < -0.3 is 10.0 Å². The molecule has 0 unspecified atom stereocenters. The standard InChI is InChI=1S/C20H23N3O2/c24-19-9-11-22(12-10-19)18-7-5-15(6-8-18)20(25)21-23-13-16-3-1-2-4-17(16)14-23/h1-8,19,24H,9-14H2,(H,21,25). The molecule has 5 heteroatoms. The molecule has 0 atom stereocenters. The third kappa shape index (κ3) is 3.52. The number of hydrogen-bond donors (Lipinski definition) is 2. The third-order valence-electron chi connectivity index (χ3n) is 5.06. The average molecular weight is 337 g/mol. The molecule has 0 aliphatic carbocycles. The summed E-state index contributed by atoms with van der Waals surface area (Å²) in [6.07, 6.45) is 1.43. The Bertz CT molecular complexity index is 727. The summed E-state index contributed by atoms with van der Waals surface area (Å²) in [4.78, 5) is 14.7. The third-order valence-corrected chi connectivity index (χ3v) is 5.06. The molecule has 1 fully saturated rings. The number of piperidine rings is 1. The topological polar surface area (TPSA) is 55.8 Å². The van der Waals surface area contributed by atoms with Gasteiger partial charge in [-0.15, -0.1) is 0 Å². The van der Waals surface area contributed by atoms with Gasteiger partial charge in [-0.25, -0.2) is 5.01 Å². The van der Waals surface area contributed by atoms with Crippen molar-refractivity contribution in [3.63, 3.8) is 0 Å². The van der Waals surface area contributed by atoms with E-state index in [-0.39, 0.29) is 12.0 Å². The summed E-state index contributed by atoms with van der Waals surface area (Å²) in [6.45, 7) is 3.21. The summed E-state index contributed by atoms with van der Waals surface area (Å²) in [7, 11) is 0. The number of amides is 1. The lowest BCUT2D eigenvalue weighted by atomic mass is 10.1. The quantitative estimate of drug-likeness (QED) is 0.902. The molecule has 1 saturated heterocycles. The van der Waals surface area contributed by atoms with E-state index < -0.39 is 0 Å². The smallest absolute Gasteiger partial charge is 0.265 e. The van der Waals surface area contributed by atoms with E-state index in [9.17, 15) is 9.90 Å². The van der Waals surface area contributed by atoms with Crippen LogP contribution in [0.5, 0.6) is 0 Å². The van der Waals surface area contributed by atoms with Crippen molar-refractivity contribution in [1.82, 2.24) is 10.4 Å². The predicted octanol–water partition coefficient (Wildman–Crippen LogP) is 2.31. The van der Waals surface area contributed by atoms with E-state index in [1.54, 1.807) is 0 Å². The van der Waals surface area contributed by atoms with Gasteiger partial charge in [0, 0.05) is 37.4 Å². The molecule has 4 rings (SSSR count). The van der Waals surface area contributed by atoms with E-state index in [4.69, 9.17) is 0 Å². The predicted molar refractivity (Wildman–Crippen MR) is 97.1 cm³/mol. The second kappa shape index (κ2) is 6.86. The van der Waals surface area contributed by atoms with Crippen LogP contribution in [0.25, 0.3) is 0 Å². The van der Waals surface area contributed by atoms with E-state index in [0.29, 0.717) is 5.56 Å². The highest BCUT2D eigenvalue weighted by atomic mass is 16.3. The van der Waals surface area contributed by atoms with Gasteiger partial charge >= 0.3 is 0 Å². The monoisotopic (exact) mass is 337 g/mol. The van der Waals surface area contributed by atoms with Crippen LogP contribution in [-0.2, 0) is 13.1 Å². The van der Waals surface area contributed by atoms with E-state index in [1.807, 2.05) is 41.4 Å². The van der Waals surface area contributed by atoms with Crippen molar-refractivity contribution in [1.29, 1.82) is 0 Å². The molecule has 5 nitrogen and oxygen atoms in total. The van der Waals surface area contributed by atoms with Gasteiger partial charge in [0.05, 0.1) is 6.10 Å². The van der Waals surface area contributed by atoms with Gasteiger partial charge in [-0.1, -0.05) is 24.3 Å². The minimum Gasteiger partial charge on any atom is -0.393 e. The molecule has 2 N–H and O–H groups in total. The minimum atomic E-state index is -0.175. The van der Waals surface area contributed by atoms with Crippen LogP contribution in [-0.4, -0.2) is 35.2 Å². The summed E-state index contributed by atoms with van der Waals surface area (Å²) in [5.41, 5.74) is 7.30. The van der Waals surface area contributed by atoms with Crippen molar-refractivity contribution in [3.8, 4) is 0 Å². The lowest BCUT2D eigenvalue weighted by Crippen LogP contribution is -2.38. The molecular weight excluding hydrogens is 314 g/mol. The molecule has 0 radical (unpaired) electrons. The van der Waals surface area contributed by atoms with Crippen molar-refractivity contribution < 1.29 is 9.90 Å². The van der Waals surface area contributed by atoms with Gasteiger partial charge in [0.15, 0.2) is 0 Å². The number of hydrogen-bond acceptors (Lipinski definition) is 4. The SMILES string of the molecule is O=C(NN1Cc2ccccc2C1)c1ccc(N2CCC(O)CC2)cc1. The van der Waals surface area contributed by atoms with Crippen LogP contribution in [0.3, 0.4) is 0 Å².